The second-order valence-electron chi connectivity index (χ2n) is 9.62. The molecule has 1 saturated carbocycles. The van der Waals surface area contributed by atoms with E-state index in [1.807, 2.05) is 37.3 Å². The number of hydrogen-bond donors (Lipinski definition) is 0. The van der Waals surface area contributed by atoms with Crippen molar-refractivity contribution in [2.45, 2.75) is 56.5 Å². The fourth-order valence-electron chi connectivity index (χ4n) is 4.93. The van der Waals surface area contributed by atoms with Crippen molar-refractivity contribution in [3.05, 3.63) is 78.1 Å². The number of ether oxygens (including phenoxy) is 1. The molecule has 204 valence electrons. The van der Waals surface area contributed by atoms with Crippen molar-refractivity contribution in [3.8, 4) is 5.75 Å². The summed E-state index contributed by atoms with van der Waals surface area (Å²) < 4.78 is 34.8. The molecule has 8 nitrogen and oxygen atoms in total. The average molecular weight is 565 g/mol. The number of carbonyl (C=O) groups is 1. The van der Waals surface area contributed by atoms with Crippen LogP contribution < -0.4 is 9.64 Å². The highest BCUT2D eigenvalue weighted by Crippen LogP contribution is 2.35. The number of fused-ring (bicyclic) bond motifs is 1. The lowest BCUT2D eigenvalue weighted by atomic mass is 9.96. The number of nitrogens with zero attached hydrogens (tertiary/aromatic N) is 4. The van der Waals surface area contributed by atoms with E-state index in [-0.39, 0.29) is 23.4 Å². The number of hydrogen-bond acceptors (Lipinski definition) is 7. The smallest absolute Gasteiger partial charge is 0.260 e. The largest absolute Gasteiger partial charge is 0.492 e. The summed E-state index contributed by atoms with van der Waals surface area (Å²) in [6.45, 7) is 2.69. The Morgan fingerprint density at radius 3 is 2.51 bits per heavy atom. The topological polar surface area (TPSA) is 92.7 Å². The number of aromatic nitrogens is 2. The van der Waals surface area contributed by atoms with Gasteiger partial charge in [0.05, 0.1) is 22.7 Å². The van der Waals surface area contributed by atoms with Crippen molar-refractivity contribution in [3.63, 3.8) is 0 Å². The molecule has 0 unspecified atom stereocenters. The maximum absolute atomic E-state index is 13.9. The molecule has 2 aromatic carbocycles. The zero-order valence-corrected chi connectivity index (χ0v) is 23.7. The van der Waals surface area contributed by atoms with Gasteiger partial charge in [-0.25, -0.2) is 13.4 Å². The molecule has 39 heavy (non-hydrogen) atoms. The van der Waals surface area contributed by atoms with Gasteiger partial charge in [-0.15, -0.1) is 0 Å². The number of amides is 1. The molecule has 2 heterocycles. The molecule has 1 aliphatic carbocycles. The molecular weight excluding hydrogens is 532 g/mol. The molecule has 10 heteroatoms. The van der Waals surface area contributed by atoms with Crippen LogP contribution in [0.3, 0.4) is 0 Å². The van der Waals surface area contributed by atoms with Crippen LogP contribution in [0.2, 0.25) is 0 Å². The van der Waals surface area contributed by atoms with E-state index >= 15 is 0 Å². The monoisotopic (exact) mass is 564 g/mol. The van der Waals surface area contributed by atoms with Gasteiger partial charge in [-0.3, -0.25) is 14.7 Å². The third-order valence-corrected chi connectivity index (χ3v) is 10.0. The summed E-state index contributed by atoms with van der Waals surface area (Å²) in [4.78, 5) is 24.6. The van der Waals surface area contributed by atoms with Crippen molar-refractivity contribution in [2.75, 3.05) is 18.6 Å². The molecule has 2 aromatic heterocycles. The van der Waals surface area contributed by atoms with Gasteiger partial charge >= 0.3 is 0 Å². The first-order valence-corrected chi connectivity index (χ1v) is 15.5. The number of para-hydroxylation sites is 1. The van der Waals surface area contributed by atoms with Crippen molar-refractivity contribution in [2.24, 2.45) is 0 Å². The fraction of sp³-hybridized carbons (Fsp3) is 0.345. The van der Waals surface area contributed by atoms with Crippen LogP contribution in [0.15, 0.2) is 71.9 Å². The second kappa shape index (κ2) is 11.8. The zero-order chi connectivity index (χ0) is 27.4. The summed E-state index contributed by atoms with van der Waals surface area (Å²) in [5.41, 5.74) is 1.93. The Labute approximate surface area is 233 Å². The van der Waals surface area contributed by atoms with Gasteiger partial charge in [-0.2, -0.15) is 4.31 Å². The van der Waals surface area contributed by atoms with Crippen molar-refractivity contribution in [1.29, 1.82) is 0 Å². The Kier molecular flexibility index (Phi) is 8.25. The van der Waals surface area contributed by atoms with Gasteiger partial charge < -0.3 is 4.74 Å². The predicted molar refractivity (Wildman–Crippen MR) is 154 cm³/mol. The Morgan fingerprint density at radius 1 is 1.05 bits per heavy atom. The number of sulfonamides is 1. The zero-order valence-electron chi connectivity index (χ0n) is 22.1. The normalized spacial score (nSPS) is 14.5. The van der Waals surface area contributed by atoms with Gasteiger partial charge in [0.1, 0.15) is 11.3 Å². The van der Waals surface area contributed by atoms with Crippen LogP contribution in [0, 0.1) is 0 Å². The van der Waals surface area contributed by atoms with Gasteiger partial charge in [0.15, 0.2) is 5.13 Å². The highest BCUT2D eigenvalue weighted by Gasteiger charge is 2.30. The Bertz CT molecular complexity index is 1530. The van der Waals surface area contributed by atoms with Crippen LogP contribution in [0.25, 0.3) is 10.2 Å². The molecule has 1 fully saturated rings. The summed E-state index contributed by atoms with van der Waals surface area (Å²) >= 11 is 1.41. The maximum atomic E-state index is 13.9. The van der Waals surface area contributed by atoms with Gasteiger partial charge in [0.2, 0.25) is 10.0 Å². The number of thiazole rings is 1. The Morgan fingerprint density at radius 2 is 1.82 bits per heavy atom. The number of benzene rings is 2. The quantitative estimate of drug-likeness (QED) is 0.252. The summed E-state index contributed by atoms with van der Waals surface area (Å²) in [6, 6.07) is 15.7. The molecule has 1 amide bonds. The minimum Gasteiger partial charge on any atom is -0.492 e. The molecule has 0 radical (unpaired) electrons. The third kappa shape index (κ3) is 5.83. The van der Waals surface area contributed by atoms with E-state index in [2.05, 4.69) is 4.98 Å². The minimum absolute atomic E-state index is 0.0145. The standard InChI is InChI=1S/C29H32N4O4S2/c1-3-37-25-12-7-13-26-27(25)31-29(38-26)33(20-21-9-8-18-30-19-21)28(34)22-14-16-24(17-15-22)39(35,36)32(2)23-10-5-4-6-11-23/h7-9,12-19,23H,3-6,10-11,20H2,1-2H3. The molecule has 1 aliphatic rings. The number of pyridine rings is 1. The molecule has 0 bridgehead atoms. The van der Waals surface area contributed by atoms with Gasteiger partial charge in [-0.1, -0.05) is 42.7 Å². The Hall–Kier alpha value is -3.34. The van der Waals surface area contributed by atoms with Crippen LogP contribution >= 0.6 is 11.3 Å². The van der Waals surface area contributed by atoms with Crippen molar-refractivity contribution < 1.29 is 17.9 Å². The first-order valence-electron chi connectivity index (χ1n) is 13.2. The lowest BCUT2D eigenvalue weighted by molar-refractivity contribution is 0.0985. The fourth-order valence-corrected chi connectivity index (χ4v) is 7.33. The molecular formula is C29H32N4O4S2. The Balaban J connectivity index is 1.46. The summed E-state index contributed by atoms with van der Waals surface area (Å²) in [5, 5.41) is 0.528. The van der Waals surface area contributed by atoms with Crippen LogP contribution in [0.1, 0.15) is 54.9 Å². The minimum atomic E-state index is -3.65. The first kappa shape index (κ1) is 27.2. The lowest BCUT2D eigenvalue weighted by Crippen LogP contribution is -2.38. The molecule has 0 aliphatic heterocycles. The van der Waals surface area contributed by atoms with Crippen LogP contribution in [0.4, 0.5) is 5.13 Å². The van der Waals surface area contributed by atoms with Crippen LogP contribution in [-0.4, -0.2) is 48.3 Å². The highest BCUT2D eigenvalue weighted by molar-refractivity contribution is 7.89. The molecule has 0 N–H and O–H groups in total. The SMILES string of the molecule is CCOc1cccc2sc(N(Cc3cccnc3)C(=O)c3ccc(S(=O)(=O)N(C)C4CCCCC4)cc3)nc12. The van der Waals surface area contributed by atoms with E-state index in [0.29, 0.717) is 28.6 Å². The van der Waals surface area contributed by atoms with E-state index in [0.717, 1.165) is 42.4 Å². The van der Waals surface area contributed by atoms with Gasteiger partial charge in [0.25, 0.3) is 5.91 Å². The number of carbonyl (C=O) groups excluding carboxylic acids is 1. The third-order valence-electron chi connectivity index (χ3n) is 7.08. The number of anilines is 1. The van der Waals surface area contributed by atoms with E-state index in [9.17, 15) is 13.2 Å². The van der Waals surface area contributed by atoms with Gasteiger partial charge in [-0.05, 0) is 67.8 Å². The molecule has 0 spiro atoms. The predicted octanol–water partition coefficient (Wildman–Crippen LogP) is 5.89. The van der Waals surface area contributed by atoms with E-state index in [4.69, 9.17) is 9.72 Å². The van der Waals surface area contributed by atoms with E-state index in [1.165, 1.54) is 27.8 Å². The van der Waals surface area contributed by atoms with Crippen molar-refractivity contribution in [1.82, 2.24) is 14.3 Å². The van der Waals surface area contributed by atoms with E-state index in [1.54, 1.807) is 36.5 Å². The van der Waals surface area contributed by atoms with Gasteiger partial charge in [0, 0.05) is 31.0 Å². The van der Waals surface area contributed by atoms with Crippen LogP contribution in [0.5, 0.6) is 5.75 Å². The van der Waals surface area contributed by atoms with Crippen molar-refractivity contribution >= 4 is 42.6 Å². The highest BCUT2D eigenvalue weighted by atomic mass is 32.2. The first-order chi connectivity index (χ1) is 18.9. The summed E-state index contributed by atoms with van der Waals surface area (Å²) in [5.74, 6) is 0.392. The van der Waals surface area contributed by atoms with Crippen LogP contribution in [-0.2, 0) is 16.6 Å². The summed E-state index contributed by atoms with van der Waals surface area (Å²) in [7, 11) is -2.00. The maximum Gasteiger partial charge on any atom is 0.260 e. The molecule has 5 rings (SSSR count). The van der Waals surface area contributed by atoms with E-state index < -0.39 is 10.0 Å². The lowest BCUT2D eigenvalue weighted by Gasteiger charge is -2.30. The number of rotatable bonds is 9. The molecule has 0 atom stereocenters. The second-order valence-corrected chi connectivity index (χ2v) is 12.6. The molecule has 0 saturated heterocycles. The summed E-state index contributed by atoms with van der Waals surface area (Å²) in [6.07, 6.45) is 8.40. The molecule has 4 aromatic rings. The average Bonchev–Trinajstić information content (AvgIpc) is 3.41.